The van der Waals surface area contributed by atoms with Crippen molar-refractivity contribution in [2.24, 2.45) is 0 Å². The van der Waals surface area contributed by atoms with Crippen LogP contribution in [0, 0.1) is 6.92 Å². The van der Waals surface area contributed by atoms with Gasteiger partial charge in [0.1, 0.15) is 15.5 Å². The van der Waals surface area contributed by atoms with Gasteiger partial charge in [0.25, 0.3) is 0 Å². The van der Waals surface area contributed by atoms with E-state index in [-0.39, 0.29) is 5.97 Å². The third-order valence-electron chi connectivity index (χ3n) is 3.28. The van der Waals surface area contributed by atoms with E-state index in [2.05, 4.69) is 4.98 Å². The SMILES string of the molecule is CCOC1(c2nc(C)c(C(=O)OC)s2)CCOCC1. The first-order chi connectivity index (χ1) is 9.13. The molecule has 1 fully saturated rings. The van der Waals surface area contributed by atoms with E-state index >= 15 is 0 Å². The molecule has 0 aliphatic carbocycles. The predicted molar refractivity (Wildman–Crippen MR) is 71.5 cm³/mol. The number of carbonyl (C=O) groups is 1. The second kappa shape index (κ2) is 5.98. The summed E-state index contributed by atoms with van der Waals surface area (Å²) >= 11 is 1.37. The highest BCUT2D eigenvalue weighted by atomic mass is 32.1. The van der Waals surface area contributed by atoms with E-state index in [0.717, 1.165) is 17.8 Å². The summed E-state index contributed by atoms with van der Waals surface area (Å²) in [6, 6.07) is 0. The van der Waals surface area contributed by atoms with E-state index in [1.165, 1.54) is 18.4 Å². The van der Waals surface area contributed by atoms with Crippen LogP contribution in [0.2, 0.25) is 0 Å². The maximum absolute atomic E-state index is 11.7. The molecule has 6 heteroatoms. The van der Waals surface area contributed by atoms with Gasteiger partial charge in [0, 0.05) is 32.7 Å². The molecule has 0 saturated carbocycles. The van der Waals surface area contributed by atoms with E-state index in [9.17, 15) is 4.79 Å². The molecule has 0 aromatic carbocycles. The fraction of sp³-hybridized carbons (Fsp3) is 0.692. The molecular formula is C13H19NO4S. The summed E-state index contributed by atoms with van der Waals surface area (Å²) in [6.07, 6.45) is 1.54. The Hall–Kier alpha value is -0.980. The van der Waals surface area contributed by atoms with Gasteiger partial charge in [-0.15, -0.1) is 11.3 Å². The molecule has 106 valence electrons. The molecule has 0 bridgehead atoms. The number of methoxy groups -OCH3 is 1. The highest BCUT2D eigenvalue weighted by molar-refractivity contribution is 7.13. The third-order valence-corrected chi connectivity index (χ3v) is 4.60. The van der Waals surface area contributed by atoms with E-state index < -0.39 is 5.60 Å². The zero-order valence-corrected chi connectivity index (χ0v) is 12.3. The molecular weight excluding hydrogens is 266 g/mol. The third kappa shape index (κ3) is 2.80. The van der Waals surface area contributed by atoms with Gasteiger partial charge in [0.15, 0.2) is 0 Å². The average Bonchev–Trinajstić information content (AvgIpc) is 2.82. The normalized spacial score (nSPS) is 18.3. The van der Waals surface area contributed by atoms with Crippen molar-refractivity contribution in [3.63, 3.8) is 0 Å². The van der Waals surface area contributed by atoms with Gasteiger partial charge < -0.3 is 14.2 Å². The molecule has 1 saturated heterocycles. The van der Waals surface area contributed by atoms with Crippen LogP contribution in [0.5, 0.6) is 0 Å². The number of ether oxygens (including phenoxy) is 3. The molecule has 2 heterocycles. The van der Waals surface area contributed by atoms with Crippen molar-refractivity contribution in [3.05, 3.63) is 15.6 Å². The molecule has 1 aliphatic rings. The van der Waals surface area contributed by atoms with Gasteiger partial charge in [-0.25, -0.2) is 9.78 Å². The number of thiazole rings is 1. The number of nitrogens with zero attached hydrogens (tertiary/aromatic N) is 1. The first-order valence-corrected chi connectivity index (χ1v) is 7.22. The molecule has 19 heavy (non-hydrogen) atoms. The van der Waals surface area contributed by atoms with E-state index in [0.29, 0.717) is 30.4 Å². The molecule has 5 nitrogen and oxygen atoms in total. The van der Waals surface area contributed by atoms with Crippen molar-refractivity contribution < 1.29 is 19.0 Å². The second-order valence-corrected chi connectivity index (χ2v) is 5.46. The van der Waals surface area contributed by atoms with Crippen LogP contribution in [-0.2, 0) is 19.8 Å². The van der Waals surface area contributed by atoms with E-state index in [1.807, 2.05) is 13.8 Å². The average molecular weight is 285 g/mol. The van der Waals surface area contributed by atoms with Crippen molar-refractivity contribution in [3.8, 4) is 0 Å². The van der Waals surface area contributed by atoms with Crippen LogP contribution < -0.4 is 0 Å². The monoisotopic (exact) mass is 285 g/mol. The minimum Gasteiger partial charge on any atom is -0.465 e. The largest absolute Gasteiger partial charge is 0.465 e. The maximum atomic E-state index is 11.7. The molecule has 0 atom stereocenters. The Morgan fingerprint density at radius 1 is 1.47 bits per heavy atom. The molecule has 0 spiro atoms. The number of carbonyl (C=O) groups excluding carboxylic acids is 1. The Morgan fingerprint density at radius 3 is 2.74 bits per heavy atom. The molecule has 1 aromatic heterocycles. The van der Waals surface area contributed by atoms with Crippen LogP contribution in [-0.4, -0.2) is 37.9 Å². The molecule has 0 amide bonds. The summed E-state index contributed by atoms with van der Waals surface area (Å²) in [4.78, 5) is 16.8. The standard InChI is InChI=1S/C13H19NO4S/c1-4-18-13(5-7-17-8-6-13)12-14-9(2)10(19-12)11(15)16-3/h4-8H2,1-3H3. The van der Waals surface area contributed by atoms with Crippen molar-refractivity contribution in [2.45, 2.75) is 32.3 Å². The smallest absolute Gasteiger partial charge is 0.349 e. The zero-order chi connectivity index (χ0) is 13.9. The highest BCUT2D eigenvalue weighted by Gasteiger charge is 2.39. The van der Waals surface area contributed by atoms with E-state index in [4.69, 9.17) is 14.2 Å². The van der Waals surface area contributed by atoms with Gasteiger partial charge >= 0.3 is 5.97 Å². The zero-order valence-electron chi connectivity index (χ0n) is 11.5. The van der Waals surface area contributed by atoms with Gasteiger partial charge in [-0.3, -0.25) is 0 Å². The van der Waals surface area contributed by atoms with Crippen LogP contribution >= 0.6 is 11.3 Å². The number of aryl methyl sites for hydroxylation is 1. The van der Waals surface area contributed by atoms with Crippen molar-refractivity contribution in [2.75, 3.05) is 26.9 Å². The lowest BCUT2D eigenvalue weighted by molar-refractivity contribution is -0.112. The first-order valence-electron chi connectivity index (χ1n) is 6.41. The molecule has 0 N–H and O–H groups in total. The fourth-order valence-corrected chi connectivity index (χ4v) is 3.46. The topological polar surface area (TPSA) is 57.7 Å². The Bertz CT molecular complexity index is 446. The summed E-state index contributed by atoms with van der Waals surface area (Å²) in [5.41, 5.74) is 0.298. The Kier molecular flexibility index (Phi) is 4.54. The van der Waals surface area contributed by atoms with Crippen LogP contribution in [0.1, 0.15) is 40.1 Å². The summed E-state index contributed by atoms with van der Waals surface area (Å²) in [6.45, 7) is 5.73. The number of hydrogen-bond donors (Lipinski definition) is 0. The molecule has 1 aliphatic heterocycles. The molecule has 0 unspecified atom stereocenters. The lowest BCUT2D eigenvalue weighted by Gasteiger charge is -2.35. The van der Waals surface area contributed by atoms with Crippen molar-refractivity contribution >= 4 is 17.3 Å². The fourth-order valence-electron chi connectivity index (χ4n) is 2.27. The first kappa shape index (κ1) is 14.4. The summed E-state index contributed by atoms with van der Waals surface area (Å²) in [5, 5.41) is 0.857. The summed E-state index contributed by atoms with van der Waals surface area (Å²) in [7, 11) is 1.38. The lowest BCUT2D eigenvalue weighted by atomic mass is 9.95. The van der Waals surface area contributed by atoms with Crippen molar-refractivity contribution in [1.82, 2.24) is 4.98 Å². The summed E-state index contributed by atoms with van der Waals surface area (Å²) in [5.74, 6) is -0.333. The van der Waals surface area contributed by atoms with Gasteiger partial charge in [-0.2, -0.15) is 0 Å². The van der Waals surface area contributed by atoms with Gasteiger partial charge in [0.2, 0.25) is 0 Å². The molecule has 0 radical (unpaired) electrons. The number of esters is 1. The second-order valence-electron chi connectivity index (χ2n) is 4.46. The molecule has 2 rings (SSSR count). The maximum Gasteiger partial charge on any atom is 0.349 e. The molecule has 1 aromatic rings. The quantitative estimate of drug-likeness (QED) is 0.794. The van der Waals surface area contributed by atoms with E-state index in [1.54, 1.807) is 0 Å². The minimum absolute atomic E-state index is 0.333. The van der Waals surface area contributed by atoms with Crippen LogP contribution in [0.3, 0.4) is 0 Å². The predicted octanol–water partition coefficient (Wildman–Crippen LogP) is 2.28. The Balaban J connectivity index is 2.34. The van der Waals surface area contributed by atoms with Crippen molar-refractivity contribution in [1.29, 1.82) is 0 Å². The number of aromatic nitrogens is 1. The highest BCUT2D eigenvalue weighted by Crippen LogP contribution is 2.39. The van der Waals surface area contributed by atoms with Gasteiger partial charge in [0.05, 0.1) is 12.8 Å². The van der Waals surface area contributed by atoms with Gasteiger partial charge in [-0.1, -0.05) is 0 Å². The number of rotatable bonds is 4. The Labute approximate surface area is 116 Å². The number of hydrogen-bond acceptors (Lipinski definition) is 6. The Morgan fingerprint density at radius 2 is 2.16 bits per heavy atom. The minimum atomic E-state index is -0.408. The van der Waals surface area contributed by atoms with Gasteiger partial charge in [-0.05, 0) is 13.8 Å². The summed E-state index contributed by atoms with van der Waals surface area (Å²) < 4.78 is 16.1. The van der Waals surface area contributed by atoms with Crippen LogP contribution in [0.15, 0.2) is 0 Å². The van der Waals surface area contributed by atoms with Crippen LogP contribution in [0.4, 0.5) is 0 Å². The van der Waals surface area contributed by atoms with Crippen LogP contribution in [0.25, 0.3) is 0 Å². The lowest BCUT2D eigenvalue weighted by Crippen LogP contribution is -2.36.